The Balaban J connectivity index is 2.26. The van der Waals surface area contributed by atoms with Crippen molar-refractivity contribution in [1.29, 1.82) is 0 Å². The molecule has 102 valence electrons. The highest BCUT2D eigenvalue weighted by molar-refractivity contribution is 7.13. The van der Waals surface area contributed by atoms with Gasteiger partial charge in [0.25, 0.3) is 0 Å². The summed E-state index contributed by atoms with van der Waals surface area (Å²) in [6.45, 7) is 4.95. The zero-order valence-electron chi connectivity index (χ0n) is 11.3. The molecule has 20 heavy (non-hydrogen) atoms. The molecule has 0 radical (unpaired) electrons. The van der Waals surface area contributed by atoms with Gasteiger partial charge in [-0.25, -0.2) is 9.97 Å². The number of thiophene rings is 1. The van der Waals surface area contributed by atoms with Crippen molar-refractivity contribution < 1.29 is 0 Å². The maximum Gasteiger partial charge on any atom is 0.172 e. The van der Waals surface area contributed by atoms with Crippen molar-refractivity contribution in [3.8, 4) is 10.7 Å². The predicted molar refractivity (Wildman–Crippen MR) is 86.8 cm³/mol. The molecule has 0 spiro atoms. The van der Waals surface area contributed by atoms with Crippen LogP contribution in [0.4, 0.5) is 5.82 Å². The molecule has 3 aromatic rings. The van der Waals surface area contributed by atoms with E-state index in [9.17, 15) is 0 Å². The molecule has 2 heterocycles. The molecule has 0 unspecified atom stereocenters. The number of rotatable bonds is 3. The lowest BCUT2D eigenvalue weighted by Crippen LogP contribution is -2.02. The number of nitrogens with zero attached hydrogens (tertiary/aromatic N) is 2. The molecule has 5 heteroatoms. The minimum absolute atomic E-state index is 0.688. The summed E-state index contributed by atoms with van der Waals surface area (Å²) in [6, 6.07) is 7.79. The van der Waals surface area contributed by atoms with Crippen molar-refractivity contribution in [1.82, 2.24) is 9.97 Å². The Labute approximate surface area is 126 Å². The van der Waals surface area contributed by atoms with Crippen LogP contribution < -0.4 is 5.32 Å². The molecule has 0 saturated heterocycles. The molecule has 0 saturated carbocycles. The molecule has 1 N–H and O–H groups in total. The van der Waals surface area contributed by atoms with Crippen molar-refractivity contribution >= 4 is 39.7 Å². The predicted octanol–water partition coefficient (Wildman–Crippen LogP) is 4.75. The zero-order chi connectivity index (χ0) is 14.1. The zero-order valence-corrected chi connectivity index (χ0v) is 12.8. The number of hydrogen-bond donors (Lipinski definition) is 1. The third-order valence-electron chi connectivity index (χ3n) is 3.07. The summed E-state index contributed by atoms with van der Waals surface area (Å²) in [5, 5.41) is 7.04. The van der Waals surface area contributed by atoms with Gasteiger partial charge in [-0.1, -0.05) is 11.6 Å². The van der Waals surface area contributed by atoms with E-state index in [2.05, 4.69) is 40.6 Å². The van der Waals surface area contributed by atoms with E-state index < -0.39 is 0 Å². The van der Waals surface area contributed by atoms with Gasteiger partial charge in [0, 0.05) is 17.0 Å². The average molecular weight is 304 g/mol. The van der Waals surface area contributed by atoms with Gasteiger partial charge in [-0.2, -0.15) is 0 Å². The molecular formula is C15H14ClN3S. The lowest BCUT2D eigenvalue weighted by molar-refractivity contribution is 1.15. The molecule has 0 fully saturated rings. The minimum atomic E-state index is 0.688. The number of fused-ring (bicyclic) bond motifs is 1. The van der Waals surface area contributed by atoms with Gasteiger partial charge in [0.1, 0.15) is 5.82 Å². The summed E-state index contributed by atoms with van der Waals surface area (Å²) in [5.74, 6) is 1.61. The van der Waals surface area contributed by atoms with Crippen LogP contribution in [0.3, 0.4) is 0 Å². The second kappa shape index (κ2) is 5.38. The van der Waals surface area contributed by atoms with Gasteiger partial charge in [-0.05, 0) is 49.1 Å². The van der Waals surface area contributed by atoms with E-state index in [1.54, 1.807) is 11.3 Å². The lowest BCUT2D eigenvalue weighted by Gasteiger charge is -2.09. The second-order valence-electron chi connectivity index (χ2n) is 4.52. The van der Waals surface area contributed by atoms with Crippen LogP contribution in [0, 0.1) is 6.92 Å². The average Bonchev–Trinajstić information content (AvgIpc) is 2.84. The first-order chi connectivity index (χ1) is 9.69. The van der Waals surface area contributed by atoms with E-state index in [-0.39, 0.29) is 0 Å². The molecule has 0 aliphatic carbocycles. The van der Waals surface area contributed by atoms with Crippen LogP contribution in [-0.2, 0) is 0 Å². The summed E-state index contributed by atoms with van der Waals surface area (Å²) in [6.07, 6.45) is 0. The van der Waals surface area contributed by atoms with Gasteiger partial charge in [0.15, 0.2) is 5.82 Å². The molecule has 0 aliphatic rings. The molecule has 1 aromatic carbocycles. The van der Waals surface area contributed by atoms with Crippen LogP contribution in [-0.4, -0.2) is 16.5 Å². The quantitative estimate of drug-likeness (QED) is 0.758. The standard InChI is InChI=1S/C15H14ClN3S/c1-3-17-14-11-5-4-10(16)8-12(11)18-15(19-14)13-9(2)6-7-20-13/h4-8H,3H2,1-2H3,(H,17,18,19). The van der Waals surface area contributed by atoms with Gasteiger partial charge in [-0.3, -0.25) is 0 Å². The van der Waals surface area contributed by atoms with Crippen LogP contribution in [0.5, 0.6) is 0 Å². The maximum atomic E-state index is 6.08. The number of halogens is 1. The van der Waals surface area contributed by atoms with Crippen molar-refractivity contribution in [3.63, 3.8) is 0 Å². The second-order valence-corrected chi connectivity index (χ2v) is 5.87. The van der Waals surface area contributed by atoms with Crippen LogP contribution >= 0.6 is 22.9 Å². The van der Waals surface area contributed by atoms with Crippen LogP contribution in [0.15, 0.2) is 29.6 Å². The van der Waals surface area contributed by atoms with Crippen LogP contribution in [0.1, 0.15) is 12.5 Å². The highest BCUT2D eigenvalue weighted by atomic mass is 35.5. The largest absolute Gasteiger partial charge is 0.370 e. The topological polar surface area (TPSA) is 37.8 Å². The van der Waals surface area contributed by atoms with Crippen molar-refractivity contribution in [2.45, 2.75) is 13.8 Å². The molecular weight excluding hydrogens is 290 g/mol. The molecule has 0 bridgehead atoms. The number of aromatic nitrogens is 2. The number of anilines is 1. The van der Waals surface area contributed by atoms with E-state index >= 15 is 0 Å². The summed E-state index contributed by atoms with van der Waals surface area (Å²) in [5.41, 5.74) is 2.06. The minimum Gasteiger partial charge on any atom is -0.370 e. The van der Waals surface area contributed by atoms with Crippen LogP contribution in [0.25, 0.3) is 21.6 Å². The Hall–Kier alpha value is -1.65. The maximum absolute atomic E-state index is 6.08. The van der Waals surface area contributed by atoms with Crippen LogP contribution in [0.2, 0.25) is 5.02 Å². The Bertz CT molecular complexity index is 767. The third-order valence-corrected chi connectivity index (χ3v) is 4.32. The molecule has 3 nitrogen and oxygen atoms in total. The van der Waals surface area contributed by atoms with E-state index in [4.69, 9.17) is 11.6 Å². The van der Waals surface area contributed by atoms with Gasteiger partial charge in [0.05, 0.1) is 10.4 Å². The number of benzene rings is 1. The first-order valence-corrected chi connectivity index (χ1v) is 7.70. The summed E-state index contributed by atoms with van der Waals surface area (Å²) < 4.78 is 0. The number of nitrogens with one attached hydrogen (secondary N) is 1. The smallest absolute Gasteiger partial charge is 0.172 e. The summed E-state index contributed by atoms with van der Waals surface area (Å²) in [4.78, 5) is 10.4. The highest BCUT2D eigenvalue weighted by Crippen LogP contribution is 2.31. The SMILES string of the molecule is CCNc1nc(-c2sccc2C)nc2cc(Cl)ccc12. The highest BCUT2D eigenvalue weighted by Gasteiger charge is 2.12. The van der Waals surface area contributed by atoms with E-state index in [1.807, 2.05) is 18.2 Å². The molecule has 0 aliphatic heterocycles. The first-order valence-electron chi connectivity index (χ1n) is 6.44. The van der Waals surface area contributed by atoms with Gasteiger partial charge in [0.2, 0.25) is 0 Å². The molecule has 2 aromatic heterocycles. The summed E-state index contributed by atoms with van der Waals surface area (Å²) >= 11 is 7.73. The monoisotopic (exact) mass is 303 g/mol. The fourth-order valence-corrected chi connectivity index (χ4v) is 3.13. The first kappa shape index (κ1) is 13.3. The Morgan fingerprint density at radius 1 is 1.25 bits per heavy atom. The Morgan fingerprint density at radius 2 is 2.10 bits per heavy atom. The Morgan fingerprint density at radius 3 is 2.80 bits per heavy atom. The normalized spacial score (nSPS) is 10.9. The fraction of sp³-hybridized carbons (Fsp3) is 0.200. The Kier molecular flexibility index (Phi) is 3.59. The summed E-state index contributed by atoms with van der Waals surface area (Å²) in [7, 11) is 0. The van der Waals surface area contributed by atoms with Crippen molar-refractivity contribution in [2.24, 2.45) is 0 Å². The van der Waals surface area contributed by atoms with Crippen molar-refractivity contribution in [3.05, 3.63) is 40.2 Å². The molecule has 0 atom stereocenters. The number of aryl methyl sites for hydroxylation is 1. The fourth-order valence-electron chi connectivity index (χ4n) is 2.11. The van der Waals surface area contributed by atoms with Gasteiger partial charge in [-0.15, -0.1) is 11.3 Å². The van der Waals surface area contributed by atoms with Gasteiger partial charge >= 0.3 is 0 Å². The lowest BCUT2D eigenvalue weighted by atomic mass is 10.2. The van der Waals surface area contributed by atoms with E-state index in [0.717, 1.165) is 34.0 Å². The number of hydrogen-bond acceptors (Lipinski definition) is 4. The third kappa shape index (κ3) is 2.37. The molecule has 3 rings (SSSR count). The van der Waals surface area contributed by atoms with Crippen molar-refractivity contribution in [2.75, 3.05) is 11.9 Å². The van der Waals surface area contributed by atoms with E-state index in [1.165, 1.54) is 5.56 Å². The van der Waals surface area contributed by atoms with E-state index in [0.29, 0.717) is 5.02 Å². The molecule has 0 amide bonds. The van der Waals surface area contributed by atoms with Gasteiger partial charge < -0.3 is 5.32 Å².